The van der Waals surface area contributed by atoms with Gasteiger partial charge in [-0.3, -0.25) is 4.79 Å². The smallest absolute Gasteiger partial charge is 0.251 e. The molecule has 0 saturated heterocycles. The summed E-state index contributed by atoms with van der Waals surface area (Å²) in [6.07, 6.45) is 0. The Morgan fingerprint density at radius 1 is 1.15 bits per heavy atom. The Labute approximate surface area is 117 Å². The average molecular weight is 280 g/mol. The normalized spacial score (nSPS) is 11.8. The highest BCUT2D eigenvalue weighted by molar-refractivity contribution is 5.97. The summed E-state index contributed by atoms with van der Waals surface area (Å²) < 4.78 is 10.2. The Morgan fingerprint density at radius 3 is 2.20 bits per heavy atom. The lowest BCUT2D eigenvalue weighted by atomic mass is 10.0. The van der Waals surface area contributed by atoms with Crippen LogP contribution in [0.25, 0.3) is 0 Å². The molecule has 0 radical (unpaired) electrons. The first-order valence-electron chi connectivity index (χ1n) is 6.14. The Balaban J connectivity index is 2.95. The third-order valence-corrected chi connectivity index (χ3v) is 2.85. The van der Waals surface area contributed by atoms with E-state index in [4.69, 9.17) is 9.47 Å². The number of carbonyl (C=O) groups is 2. The molecule has 1 aromatic rings. The third-order valence-electron chi connectivity index (χ3n) is 2.85. The number of carbonyl (C=O) groups excluding carboxylic acids is 2. The van der Waals surface area contributed by atoms with Gasteiger partial charge in [0, 0.05) is 5.56 Å². The lowest BCUT2D eigenvalue weighted by molar-refractivity contribution is -0.309. The van der Waals surface area contributed by atoms with Crippen molar-refractivity contribution in [3.63, 3.8) is 0 Å². The molecular formula is C14H18NO5-. The predicted octanol–water partition coefficient (Wildman–Crippen LogP) is 0.208. The van der Waals surface area contributed by atoms with E-state index in [0.717, 1.165) is 0 Å². The molecule has 6 nitrogen and oxygen atoms in total. The van der Waals surface area contributed by atoms with Crippen molar-refractivity contribution in [3.05, 3.63) is 23.8 Å². The molecule has 1 rings (SSSR count). The van der Waals surface area contributed by atoms with Gasteiger partial charge in [0.25, 0.3) is 5.91 Å². The third kappa shape index (κ3) is 3.63. The van der Waals surface area contributed by atoms with Crippen LogP contribution in [-0.4, -0.2) is 32.1 Å². The van der Waals surface area contributed by atoms with Crippen molar-refractivity contribution in [2.45, 2.75) is 19.9 Å². The van der Waals surface area contributed by atoms with Gasteiger partial charge in [-0.15, -0.1) is 0 Å². The molecule has 0 bridgehead atoms. The minimum absolute atomic E-state index is 0.274. The molecule has 110 valence electrons. The van der Waals surface area contributed by atoms with E-state index in [9.17, 15) is 14.7 Å². The summed E-state index contributed by atoms with van der Waals surface area (Å²) in [6.45, 7) is 3.38. The average Bonchev–Trinajstić information content (AvgIpc) is 2.42. The minimum atomic E-state index is -1.31. The molecule has 1 atom stereocenters. The highest BCUT2D eigenvalue weighted by atomic mass is 16.5. The van der Waals surface area contributed by atoms with E-state index < -0.39 is 17.9 Å². The number of hydrogen-bond acceptors (Lipinski definition) is 5. The van der Waals surface area contributed by atoms with Gasteiger partial charge in [-0.1, -0.05) is 13.8 Å². The molecule has 0 aromatic heterocycles. The number of nitrogens with one attached hydrogen (secondary N) is 1. The molecule has 0 fully saturated rings. The fraction of sp³-hybridized carbons (Fsp3) is 0.429. The number of methoxy groups -OCH3 is 2. The van der Waals surface area contributed by atoms with Gasteiger partial charge < -0.3 is 24.7 Å². The van der Waals surface area contributed by atoms with Gasteiger partial charge in [-0.05, 0) is 24.1 Å². The van der Waals surface area contributed by atoms with Crippen LogP contribution in [0.4, 0.5) is 0 Å². The molecular weight excluding hydrogens is 262 g/mol. The van der Waals surface area contributed by atoms with Crippen LogP contribution in [0.2, 0.25) is 0 Å². The lowest BCUT2D eigenvalue weighted by Gasteiger charge is -2.23. The topological polar surface area (TPSA) is 87.7 Å². The summed E-state index contributed by atoms with van der Waals surface area (Å²) in [4.78, 5) is 23.0. The summed E-state index contributed by atoms with van der Waals surface area (Å²) in [7, 11) is 2.94. The van der Waals surface area contributed by atoms with Crippen LogP contribution in [0.15, 0.2) is 18.2 Å². The molecule has 0 aliphatic heterocycles. The Hall–Kier alpha value is -2.24. The number of carboxylic acids is 1. The molecule has 0 unspecified atom stereocenters. The maximum atomic E-state index is 12.0. The van der Waals surface area contributed by atoms with Crippen molar-refractivity contribution in [3.8, 4) is 11.5 Å². The van der Waals surface area contributed by atoms with Crippen LogP contribution in [-0.2, 0) is 4.79 Å². The number of amides is 1. The van der Waals surface area contributed by atoms with Gasteiger partial charge >= 0.3 is 0 Å². The van der Waals surface area contributed by atoms with Crippen LogP contribution in [0.1, 0.15) is 24.2 Å². The molecule has 1 N–H and O–H groups in total. The van der Waals surface area contributed by atoms with Crippen LogP contribution in [0.3, 0.4) is 0 Å². The minimum Gasteiger partial charge on any atom is -0.548 e. The van der Waals surface area contributed by atoms with Crippen molar-refractivity contribution in [1.82, 2.24) is 5.32 Å². The summed E-state index contributed by atoms with van der Waals surface area (Å²) >= 11 is 0. The maximum Gasteiger partial charge on any atom is 0.251 e. The van der Waals surface area contributed by atoms with Gasteiger partial charge in [0.1, 0.15) is 0 Å². The first-order chi connectivity index (χ1) is 9.40. The molecule has 20 heavy (non-hydrogen) atoms. The van der Waals surface area contributed by atoms with Crippen LogP contribution in [0.5, 0.6) is 11.5 Å². The van der Waals surface area contributed by atoms with E-state index in [1.807, 2.05) is 0 Å². The van der Waals surface area contributed by atoms with Crippen molar-refractivity contribution >= 4 is 11.9 Å². The van der Waals surface area contributed by atoms with Gasteiger partial charge in [0.15, 0.2) is 11.5 Å². The Morgan fingerprint density at radius 2 is 1.75 bits per heavy atom. The van der Waals surface area contributed by atoms with Crippen molar-refractivity contribution < 1.29 is 24.2 Å². The summed E-state index contributed by atoms with van der Waals surface area (Å²) in [5.74, 6) is -1.20. The van der Waals surface area contributed by atoms with E-state index in [1.165, 1.54) is 26.4 Å². The lowest BCUT2D eigenvalue weighted by Crippen LogP contribution is -2.50. The second-order valence-corrected chi connectivity index (χ2v) is 4.58. The first kappa shape index (κ1) is 15.8. The van der Waals surface area contributed by atoms with E-state index in [1.54, 1.807) is 19.9 Å². The second kappa shape index (κ2) is 6.79. The van der Waals surface area contributed by atoms with Gasteiger partial charge in [-0.2, -0.15) is 0 Å². The predicted molar refractivity (Wildman–Crippen MR) is 70.6 cm³/mol. The van der Waals surface area contributed by atoms with Crippen LogP contribution < -0.4 is 19.9 Å². The first-order valence-corrected chi connectivity index (χ1v) is 6.14. The molecule has 0 saturated carbocycles. The largest absolute Gasteiger partial charge is 0.548 e. The maximum absolute atomic E-state index is 12.0. The van der Waals surface area contributed by atoms with Gasteiger partial charge in [0.2, 0.25) is 0 Å². The number of benzene rings is 1. The number of carboxylic acid groups (broad SMARTS) is 1. The molecule has 0 heterocycles. The molecule has 6 heteroatoms. The van der Waals surface area contributed by atoms with E-state index in [0.29, 0.717) is 11.5 Å². The fourth-order valence-corrected chi connectivity index (χ4v) is 1.70. The summed E-state index contributed by atoms with van der Waals surface area (Å²) in [5.41, 5.74) is 0.287. The number of ether oxygens (including phenoxy) is 2. The monoisotopic (exact) mass is 280 g/mol. The highest BCUT2D eigenvalue weighted by Gasteiger charge is 2.19. The van der Waals surface area contributed by atoms with E-state index >= 15 is 0 Å². The van der Waals surface area contributed by atoms with Gasteiger partial charge in [-0.25, -0.2) is 0 Å². The van der Waals surface area contributed by atoms with Crippen molar-refractivity contribution in [2.75, 3.05) is 14.2 Å². The zero-order valence-corrected chi connectivity index (χ0v) is 11.9. The molecule has 0 spiro atoms. The van der Waals surface area contributed by atoms with Gasteiger partial charge in [0.05, 0.1) is 26.2 Å². The van der Waals surface area contributed by atoms with Crippen LogP contribution in [0, 0.1) is 5.92 Å². The second-order valence-electron chi connectivity index (χ2n) is 4.58. The molecule has 0 aliphatic rings. The fourth-order valence-electron chi connectivity index (χ4n) is 1.70. The van der Waals surface area contributed by atoms with E-state index in [-0.39, 0.29) is 11.5 Å². The SMILES string of the molecule is COc1ccc(C(=O)N[C@@H](C(=O)[O-])C(C)C)cc1OC. The standard InChI is InChI=1S/C14H19NO5/c1-8(2)12(14(17)18)15-13(16)9-5-6-10(19-3)11(7-9)20-4/h5-8,12H,1-4H3,(H,15,16)(H,17,18)/p-1/t12-/m1/s1. The summed E-state index contributed by atoms with van der Waals surface area (Å²) in [5, 5.41) is 13.4. The Kier molecular flexibility index (Phi) is 5.37. The van der Waals surface area contributed by atoms with E-state index in [2.05, 4.69) is 5.32 Å². The number of hydrogen-bond donors (Lipinski definition) is 1. The number of rotatable bonds is 6. The molecule has 0 aliphatic carbocycles. The zero-order chi connectivity index (χ0) is 15.3. The molecule has 1 amide bonds. The zero-order valence-electron chi connectivity index (χ0n) is 11.9. The van der Waals surface area contributed by atoms with Crippen LogP contribution >= 0.6 is 0 Å². The van der Waals surface area contributed by atoms with Crippen molar-refractivity contribution in [1.29, 1.82) is 0 Å². The Bertz CT molecular complexity index is 498. The summed E-state index contributed by atoms with van der Waals surface area (Å²) in [6, 6.07) is 3.55. The quantitative estimate of drug-likeness (QED) is 0.804. The molecule has 1 aromatic carbocycles. The van der Waals surface area contributed by atoms with Crippen molar-refractivity contribution in [2.24, 2.45) is 5.92 Å². The highest BCUT2D eigenvalue weighted by Crippen LogP contribution is 2.27. The number of aliphatic carboxylic acids is 1.